The van der Waals surface area contributed by atoms with Crippen molar-refractivity contribution in [2.45, 2.75) is 26.4 Å². The Morgan fingerprint density at radius 3 is 2.94 bits per heavy atom. The maximum atomic E-state index is 5.66. The zero-order valence-corrected chi connectivity index (χ0v) is 10.1. The van der Waals surface area contributed by atoms with Crippen molar-refractivity contribution < 1.29 is 0 Å². The van der Waals surface area contributed by atoms with Crippen LogP contribution in [0.15, 0.2) is 30.9 Å². The van der Waals surface area contributed by atoms with E-state index in [1.54, 1.807) is 12.4 Å². The quantitative estimate of drug-likeness (QED) is 0.612. The molecule has 5 nitrogen and oxygen atoms in total. The van der Waals surface area contributed by atoms with E-state index in [0.29, 0.717) is 0 Å². The van der Waals surface area contributed by atoms with E-state index in [1.807, 2.05) is 25.4 Å². The number of nitrogens with one attached hydrogen (secondary N) is 1. The Labute approximate surface area is 101 Å². The van der Waals surface area contributed by atoms with Crippen molar-refractivity contribution in [3.8, 4) is 0 Å². The predicted molar refractivity (Wildman–Crippen MR) is 66.0 cm³/mol. The molecule has 3 N–H and O–H groups in total. The van der Waals surface area contributed by atoms with E-state index in [-0.39, 0.29) is 6.04 Å². The number of aromatic nitrogens is 3. The first-order valence-electron chi connectivity index (χ1n) is 5.65. The summed E-state index contributed by atoms with van der Waals surface area (Å²) in [6.45, 7) is 4.97. The highest BCUT2D eigenvalue weighted by Crippen LogP contribution is 2.22. The van der Waals surface area contributed by atoms with E-state index >= 15 is 0 Å². The molecule has 0 aliphatic rings. The molecule has 0 aromatic carbocycles. The van der Waals surface area contributed by atoms with Gasteiger partial charge in [0.25, 0.3) is 0 Å². The Bertz CT molecular complexity index is 491. The van der Waals surface area contributed by atoms with Gasteiger partial charge in [0.15, 0.2) is 0 Å². The van der Waals surface area contributed by atoms with E-state index in [0.717, 1.165) is 23.5 Å². The Balaban J connectivity index is 2.44. The molecule has 2 rings (SSSR count). The van der Waals surface area contributed by atoms with Crippen molar-refractivity contribution in [2.24, 2.45) is 5.84 Å². The summed E-state index contributed by atoms with van der Waals surface area (Å²) in [4.78, 5) is 8.47. The Morgan fingerprint density at radius 2 is 2.29 bits per heavy atom. The molecule has 17 heavy (non-hydrogen) atoms. The third kappa shape index (κ3) is 2.20. The Hall–Kier alpha value is -1.72. The smallest absolute Gasteiger partial charge is 0.131 e. The van der Waals surface area contributed by atoms with E-state index in [2.05, 4.69) is 26.9 Å². The average Bonchev–Trinajstić information content (AvgIpc) is 2.81. The number of rotatable bonds is 4. The molecule has 0 amide bonds. The summed E-state index contributed by atoms with van der Waals surface area (Å²) < 4.78 is 2.07. The van der Waals surface area contributed by atoms with E-state index in [1.165, 1.54) is 0 Å². The van der Waals surface area contributed by atoms with Crippen LogP contribution in [0.1, 0.15) is 29.9 Å². The molecule has 2 aromatic rings. The van der Waals surface area contributed by atoms with Crippen molar-refractivity contribution in [3.05, 3.63) is 47.8 Å². The first-order chi connectivity index (χ1) is 8.27. The lowest BCUT2D eigenvalue weighted by atomic mass is 10.0. The number of nitrogens with zero attached hydrogens (tertiary/aromatic N) is 3. The van der Waals surface area contributed by atoms with Gasteiger partial charge in [-0.1, -0.05) is 0 Å². The van der Waals surface area contributed by atoms with Gasteiger partial charge < -0.3 is 4.57 Å². The standard InChI is InChI=1S/C12H17N5/c1-3-17-7-6-15-12(17)11(16-13)10-4-5-14-8-9(10)2/h4-8,11,16H,3,13H2,1-2H3. The highest BCUT2D eigenvalue weighted by atomic mass is 15.3. The maximum Gasteiger partial charge on any atom is 0.131 e. The lowest BCUT2D eigenvalue weighted by Crippen LogP contribution is -2.31. The van der Waals surface area contributed by atoms with Crippen LogP contribution in [0.2, 0.25) is 0 Å². The average molecular weight is 231 g/mol. The number of imidazole rings is 1. The van der Waals surface area contributed by atoms with Crippen LogP contribution in [0, 0.1) is 6.92 Å². The molecule has 0 aliphatic carbocycles. The van der Waals surface area contributed by atoms with Gasteiger partial charge in [0.05, 0.1) is 0 Å². The zero-order chi connectivity index (χ0) is 12.3. The van der Waals surface area contributed by atoms with E-state index in [4.69, 9.17) is 5.84 Å². The number of hydrogen-bond donors (Lipinski definition) is 2. The minimum absolute atomic E-state index is 0.104. The van der Waals surface area contributed by atoms with Crippen molar-refractivity contribution in [2.75, 3.05) is 0 Å². The second-order valence-electron chi connectivity index (χ2n) is 3.90. The lowest BCUT2D eigenvalue weighted by Gasteiger charge is -2.18. The number of nitrogens with two attached hydrogens (primary N) is 1. The first-order valence-corrected chi connectivity index (χ1v) is 5.65. The molecule has 0 radical (unpaired) electrons. The van der Waals surface area contributed by atoms with Gasteiger partial charge in [0, 0.05) is 31.3 Å². The molecule has 1 atom stereocenters. The summed E-state index contributed by atoms with van der Waals surface area (Å²) in [5.41, 5.74) is 5.02. The van der Waals surface area contributed by atoms with Crippen molar-refractivity contribution in [1.29, 1.82) is 0 Å². The Morgan fingerprint density at radius 1 is 1.47 bits per heavy atom. The van der Waals surface area contributed by atoms with Crippen LogP contribution in [0.3, 0.4) is 0 Å². The first kappa shape index (κ1) is 11.8. The fourth-order valence-corrected chi connectivity index (χ4v) is 1.96. The van der Waals surface area contributed by atoms with Gasteiger partial charge in [-0.25, -0.2) is 10.4 Å². The number of hydrogen-bond acceptors (Lipinski definition) is 4. The van der Waals surface area contributed by atoms with E-state index < -0.39 is 0 Å². The van der Waals surface area contributed by atoms with Crippen molar-refractivity contribution >= 4 is 0 Å². The normalized spacial score (nSPS) is 12.6. The summed E-state index contributed by atoms with van der Waals surface area (Å²) >= 11 is 0. The minimum Gasteiger partial charge on any atom is -0.334 e. The van der Waals surface area contributed by atoms with Crippen LogP contribution in [0.4, 0.5) is 0 Å². The van der Waals surface area contributed by atoms with Gasteiger partial charge >= 0.3 is 0 Å². The van der Waals surface area contributed by atoms with Crippen LogP contribution in [0.5, 0.6) is 0 Å². The van der Waals surface area contributed by atoms with Crippen LogP contribution in [-0.2, 0) is 6.54 Å². The van der Waals surface area contributed by atoms with Crippen LogP contribution in [-0.4, -0.2) is 14.5 Å². The third-order valence-electron chi connectivity index (χ3n) is 2.89. The largest absolute Gasteiger partial charge is 0.334 e. The number of pyridine rings is 1. The summed E-state index contributed by atoms with van der Waals surface area (Å²) in [5.74, 6) is 6.59. The van der Waals surface area contributed by atoms with Gasteiger partial charge in [0.1, 0.15) is 11.9 Å². The minimum atomic E-state index is -0.104. The molecular formula is C12H17N5. The van der Waals surface area contributed by atoms with E-state index in [9.17, 15) is 0 Å². The topological polar surface area (TPSA) is 68.8 Å². The number of hydrazine groups is 1. The highest BCUT2D eigenvalue weighted by Gasteiger charge is 2.18. The SMILES string of the molecule is CCn1ccnc1C(NN)c1ccncc1C. The molecule has 1 unspecified atom stereocenters. The van der Waals surface area contributed by atoms with Gasteiger partial charge in [0.2, 0.25) is 0 Å². The van der Waals surface area contributed by atoms with Crippen LogP contribution < -0.4 is 11.3 Å². The predicted octanol–water partition coefficient (Wildman–Crippen LogP) is 1.16. The van der Waals surface area contributed by atoms with Crippen LogP contribution >= 0.6 is 0 Å². The molecule has 0 fully saturated rings. The molecule has 0 aliphatic heterocycles. The summed E-state index contributed by atoms with van der Waals surface area (Å²) in [6, 6.07) is 1.86. The molecule has 2 heterocycles. The Kier molecular flexibility index (Phi) is 3.51. The van der Waals surface area contributed by atoms with Crippen molar-refractivity contribution in [1.82, 2.24) is 20.0 Å². The zero-order valence-electron chi connectivity index (χ0n) is 10.1. The van der Waals surface area contributed by atoms with Gasteiger partial charge in [-0.2, -0.15) is 0 Å². The second kappa shape index (κ2) is 5.07. The summed E-state index contributed by atoms with van der Waals surface area (Å²) in [7, 11) is 0. The fourth-order valence-electron chi connectivity index (χ4n) is 1.96. The summed E-state index contributed by atoms with van der Waals surface area (Å²) in [5, 5.41) is 0. The lowest BCUT2D eigenvalue weighted by molar-refractivity contribution is 0.558. The highest BCUT2D eigenvalue weighted by molar-refractivity contribution is 5.30. The molecule has 0 saturated heterocycles. The molecule has 0 spiro atoms. The third-order valence-corrected chi connectivity index (χ3v) is 2.89. The monoisotopic (exact) mass is 231 g/mol. The molecule has 0 saturated carbocycles. The maximum absolute atomic E-state index is 5.66. The molecule has 90 valence electrons. The molecular weight excluding hydrogens is 214 g/mol. The van der Waals surface area contributed by atoms with Crippen LogP contribution in [0.25, 0.3) is 0 Å². The number of aryl methyl sites for hydroxylation is 2. The molecule has 2 aromatic heterocycles. The molecule has 0 bridgehead atoms. The molecule has 5 heteroatoms. The van der Waals surface area contributed by atoms with Gasteiger partial charge in [-0.15, -0.1) is 0 Å². The van der Waals surface area contributed by atoms with Crippen molar-refractivity contribution in [3.63, 3.8) is 0 Å². The van der Waals surface area contributed by atoms with Gasteiger partial charge in [-0.3, -0.25) is 10.8 Å². The summed E-state index contributed by atoms with van der Waals surface area (Å²) in [6.07, 6.45) is 7.35. The second-order valence-corrected chi connectivity index (χ2v) is 3.90. The van der Waals surface area contributed by atoms with Gasteiger partial charge in [-0.05, 0) is 31.0 Å². The fraction of sp³-hybridized carbons (Fsp3) is 0.333.